The van der Waals surface area contributed by atoms with Gasteiger partial charge in [0.05, 0.1) is 0 Å². The van der Waals surface area contributed by atoms with Crippen LogP contribution in [0, 0.1) is 25.2 Å². The van der Waals surface area contributed by atoms with E-state index in [9.17, 15) is 4.79 Å². The van der Waals surface area contributed by atoms with Gasteiger partial charge in [-0.2, -0.15) is 0 Å². The summed E-state index contributed by atoms with van der Waals surface area (Å²) < 4.78 is 0. The van der Waals surface area contributed by atoms with Crippen molar-refractivity contribution in [3.05, 3.63) is 34.4 Å². The van der Waals surface area contributed by atoms with E-state index in [1.54, 1.807) is 0 Å². The Labute approximate surface area is 145 Å². The molecule has 0 spiro atoms. The van der Waals surface area contributed by atoms with Crippen molar-refractivity contribution >= 4 is 14.1 Å². The Morgan fingerprint density at radius 2 is 1.52 bits per heavy atom. The molecule has 0 aliphatic carbocycles. The van der Waals surface area contributed by atoms with Crippen molar-refractivity contribution in [1.29, 1.82) is 0 Å². The zero-order valence-corrected chi connectivity index (χ0v) is 17.6. The Morgan fingerprint density at radius 3 is 1.91 bits per heavy atom. The van der Waals surface area contributed by atoms with Crippen LogP contribution in [0.2, 0.25) is 0 Å². The number of benzene rings is 1. The molecule has 0 bridgehead atoms. The number of aryl methyl sites for hydroxylation is 2. The quantitative estimate of drug-likeness (QED) is 0.562. The molecule has 130 valence electrons. The maximum Gasteiger partial charge on any atom is 0.181 e. The lowest BCUT2D eigenvalue weighted by Gasteiger charge is -2.24. The van der Waals surface area contributed by atoms with Crippen molar-refractivity contribution in [2.24, 2.45) is 11.3 Å². The Bertz CT molecular complexity index is 535. The summed E-state index contributed by atoms with van der Waals surface area (Å²) in [5.41, 5.74) is 5.34. The number of hydrogen-bond donors (Lipinski definition) is 0. The lowest BCUT2D eigenvalue weighted by Crippen LogP contribution is -2.14. The average Bonchev–Trinajstić information content (AvgIpc) is 2.32. The highest BCUT2D eigenvalue weighted by Crippen LogP contribution is 2.33. The van der Waals surface area contributed by atoms with Gasteiger partial charge in [-0.05, 0) is 68.4 Å². The third-order valence-corrected chi connectivity index (χ3v) is 5.67. The summed E-state index contributed by atoms with van der Waals surface area (Å²) in [7, 11) is 0.387. The molecule has 2 atom stereocenters. The van der Waals surface area contributed by atoms with Crippen molar-refractivity contribution in [3.63, 3.8) is 0 Å². The van der Waals surface area contributed by atoms with E-state index in [0.29, 0.717) is 25.4 Å². The molecule has 0 aliphatic heterocycles. The molecule has 0 fully saturated rings. The summed E-state index contributed by atoms with van der Waals surface area (Å²) >= 11 is 0. The van der Waals surface area contributed by atoms with Crippen molar-refractivity contribution < 1.29 is 4.79 Å². The fraction of sp³-hybridized carbons (Fsp3) is 0.667. The minimum atomic E-state index is 0.126. The van der Waals surface area contributed by atoms with E-state index in [1.165, 1.54) is 12.0 Å². The summed E-state index contributed by atoms with van der Waals surface area (Å²) in [6.45, 7) is 19.9. The topological polar surface area (TPSA) is 17.1 Å². The molecule has 0 heterocycles. The summed E-state index contributed by atoms with van der Waals surface area (Å²) in [5.74, 6) is 0.603. The van der Waals surface area contributed by atoms with Crippen LogP contribution >= 0.6 is 8.58 Å². The van der Waals surface area contributed by atoms with Gasteiger partial charge in [-0.25, -0.2) is 0 Å². The van der Waals surface area contributed by atoms with Gasteiger partial charge in [-0.1, -0.05) is 60.6 Å². The van der Waals surface area contributed by atoms with E-state index in [-0.39, 0.29) is 5.41 Å². The van der Waals surface area contributed by atoms with E-state index in [2.05, 4.69) is 74.4 Å². The first kappa shape index (κ1) is 20.4. The van der Waals surface area contributed by atoms with Gasteiger partial charge in [0.25, 0.3) is 0 Å². The van der Waals surface area contributed by atoms with Crippen molar-refractivity contribution in [1.82, 2.24) is 0 Å². The van der Waals surface area contributed by atoms with Crippen LogP contribution in [0.4, 0.5) is 0 Å². The highest BCUT2D eigenvalue weighted by molar-refractivity contribution is 7.58. The lowest BCUT2D eigenvalue weighted by molar-refractivity contribution is 0.108. The third kappa shape index (κ3) is 6.38. The van der Waals surface area contributed by atoms with E-state index in [4.69, 9.17) is 0 Å². The zero-order valence-electron chi connectivity index (χ0n) is 16.6. The Morgan fingerprint density at radius 1 is 1.04 bits per heavy atom. The molecular weight excluding hydrogens is 299 g/mol. The van der Waals surface area contributed by atoms with E-state index in [0.717, 1.165) is 22.9 Å². The molecule has 0 radical (unpaired) electrons. The first-order valence-corrected chi connectivity index (χ1v) is 9.92. The minimum Gasteiger partial charge on any atom is -0.289 e. The molecule has 0 saturated carbocycles. The van der Waals surface area contributed by atoms with Crippen LogP contribution in [0.15, 0.2) is 12.1 Å². The summed E-state index contributed by atoms with van der Waals surface area (Å²) in [6.07, 6.45) is 2.18. The second-order valence-electron chi connectivity index (χ2n) is 9.32. The van der Waals surface area contributed by atoms with Gasteiger partial charge >= 0.3 is 0 Å². The predicted molar refractivity (Wildman–Crippen MR) is 105 cm³/mol. The fourth-order valence-corrected chi connectivity index (χ4v) is 4.48. The monoisotopic (exact) mass is 334 g/mol. The van der Waals surface area contributed by atoms with Gasteiger partial charge in [0.15, 0.2) is 5.52 Å². The molecule has 1 rings (SSSR count). The molecule has 0 saturated heterocycles. The summed E-state index contributed by atoms with van der Waals surface area (Å²) in [4.78, 5) is 12.7. The predicted octanol–water partition coefficient (Wildman–Crippen LogP) is 6.49. The Kier molecular flexibility index (Phi) is 6.62. The SMILES string of the molecule is Cc1cc(C(C)(C)C)cc(C)c1C(=O)PCC(C)CC(C)(C)C. The van der Waals surface area contributed by atoms with Gasteiger partial charge in [-0.15, -0.1) is 0 Å². The van der Waals surface area contributed by atoms with Crippen LogP contribution in [-0.2, 0) is 5.41 Å². The van der Waals surface area contributed by atoms with E-state index in [1.807, 2.05) is 0 Å². The third-order valence-electron chi connectivity index (χ3n) is 4.20. The normalized spacial score (nSPS) is 14.5. The van der Waals surface area contributed by atoms with Crippen molar-refractivity contribution in [2.75, 3.05) is 6.16 Å². The van der Waals surface area contributed by atoms with Gasteiger partial charge < -0.3 is 0 Å². The van der Waals surface area contributed by atoms with Gasteiger partial charge in [0.1, 0.15) is 0 Å². The molecule has 0 amide bonds. The fourth-order valence-electron chi connectivity index (χ4n) is 3.23. The molecule has 1 aromatic carbocycles. The van der Waals surface area contributed by atoms with E-state index < -0.39 is 0 Å². The number of carbonyl (C=O) groups is 1. The molecule has 0 aromatic heterocycles. The average molecular weight is 334 g/mol. The maximum absolute atomic E-state index is 12.7. The van der Waals surface area contributed by atoms with Gasteiger partial charge in [0.2, 0.25) is 0 Å². The second kappa shape index (κ2) is 7.47. The highest BCUT2D eigenvalue weighted by Gasteiger charge is 2.20. The maximum atomic E-state index is 12.7. The first-order valence-electron chi connectivity index (χ1n) is 8.71. The second-order valence-corrected chi connectivity index (χ2v) is 10.5. The Balaban J connectivity index is 2.85. The highest BCUT2D eigenvalue weighted by atomic mass is 31.1. The molecule has 0 aliphatic rings. The zero-order chi connectivity index (χ0) is 18.0. The largest absolute Gasteiger partial charge is 0.289 e. The standard InChI is InChI=1S/C21H35OP/c1-14(12-20(4,5)6)13-23-19(22)18-15(2)10-17(11-16(18)3)21(7,8)9/h10-11,14,23H,12-13H2,1-9H3. The van der Waals surface area contributed by atoms with E-state index >= 15 is 0 Å². The van der Waals surface area contributed by atoms with Crippen LogP contribution in [0.5, 0.6) is 0 Å². The number of hydrogen-bond acceptors (Lipinski definition) is 1. The van der Waals surface area contributed by atoms with Gasteiger partial charge in [0, 0.05) is 5.56 Å². The molecule has 1 nitrogen and oxygen atoms in total. The van der Waals surface area contributed by atoms with Crippen LogP contribution in [-0.4, -0.2) is 11.7 Å². The van der Waals surface area contributed by atoms with Crippen molar-refractivity contribution in [2.45, 2.75) is 74.1 Å². The molecule has 0 N–H and O–H groups in total. The number of rotatable bonds is 5. The molecule has 2 heteroatoms. The van der Waals surface area contributed by atoms with Crippen LogP contribution in [0.3, 0.4) is 0 Å². The van der Waals surface area contributed by atoms with Crippen molar-refractivity contribution in [3.8, 4) is 0 Å². The van der Waals surface area contributed by atoms with Crippen LogP contribution in [0.25, 0.3) is 0 Å². The number of carbonyl (C=O) groups excluding carboxylic acids is 1. The molecular formula is C21H35OP. The molecule has 23 heavy (non-hydrogen) atoms. The lowest BCUT2D eigenvalue weighted by atomic mass is 9.84. The van der Waals surface area contributed by atoms with Gasteiger partial charge in [-0.3, -0.25) is 4.79 Å². The first-order chi connectivity index (χ1) is 10.3. The summed E-state index contributed by atoms with van der Waals surface area (Å²) in [5, 5.41) is 0. The minimum absolute atomic E-state index is 0.126. The van der Waals surface area contributed by atoms with Crippen LogP contribution < -0.4 is 0 Å². The molecule has 1 aromatic rings. The molecule has 2 unspecified atom stereocenters. The Hall–Kier alpha value is -0.680. The van der Waals surface area contributed by atoms with Crippen LogP contribution in [0.1, 0.15) is 81.9 Å². The summed E-state index contributed by atoms with van der Waals surface area (Å²) in [6, 6.07) is 4.40. The smallest absolute Gasteiger partial charge is 0.181 e.